The number of benzene rings is 3. The molecular formula is C28H26F2N2O4. The Bertz CT molecular complexity index is 1330. The SMILES string of the molecule is CCOC(=O)C1ON=C(c2ccc(C)c(-c3ccc(NC(=O)c4c(F)cccc4F)cc3)c2)C1(C)C. The van der Waals surface area contributed by atoms with Crippen LogP contribution in [0, 0.1) is 24.0 Å². The maximum absolute atomic E-state index is 13.9. The largest absolute Gasteiger partial charge is 0.463 e. The summed E-state index contributed by atoms with van der Waals surface area (Å²) in [7, 11) is 0. The van der Waals surface area contributed by atoms with E-state index in [0.717, 1.165) is 34.4 Å². The maximum Gasteiger partial charge on any atom is 0.351 e. The first-order valence-electron chi connectivity index (χ1n) is 11.5. The topological polar surface area (TPSA) is 77.0 Å². The number of carbonyl (C=O) groups is 2. The molecule has 0 radical (unpaired) electrons. The van der Waals surface area contributed by atoms with Gasteiger partial charge in [-0.3, -0.25) is 4.79 Å². The lowest BCUT2D eigenvalue weighted by molar-refractivity contribution is -0.159. The van der Waals surface area contributed by atoms with Crippen LogP contribution in [0.1, 0.15) is 42.3 Å². The minimum atomic E-state index is -0.927. The van der Waals surface area contributed by atoms with E-state index >= 15 is 0 Å². The second kappa shape index (κ2) is 9.89. The molecule has 0 aromatic heterocycles. The first kappa shape index (κ1) is 25.0. The highest BCUT2D eigenvalue weighted by atomic mass is 19.1. The Morgan fingerprint density at radius 2 is 1.67 bits per heavy atom. The van der Waals surface area contributed by atoms with Crippen molar-refractivity contribution in [2.75, 3.05) is 11.9 Å². The van der Waals surface area contributed by atoms with Gasteiger partial charge in [0, 0.05) is 11.3 Å². The molecule has 0 saturated carbocycles. The van der Waals surface area contributed by atoms with Crippen molar-refractivity contribution < 1.29 is 27.9 Å². The van der Waals surface area contributed by atoms with Crippen molar-refractivity contribution in [1.82, 2.24) is 0 Å². The monoisotopic (exact) mass is 492 g/mol. The van der Waals surface area contributed by atoms with Gasteiger partial charge in [0.2, 0.25) is 6.10 Å². The van der Waals surface area contributed by atoms with Gasteiger partial charge in [-0.2, -0.15) is 0 Å². The molecule has 0 saturated heterocycles. The Kier molecular flexibility index (Phi) is 6.88. The minimum absolute atomic E-state index is 0.254. The van der Waals surface area contributed by atoms with Crippen LogP contribution in [0.2, 0.25) is 0 Å². The van der Waals surface area contributed by atoms with Crippen LogP contribution in [-0.2, 0) is 14.4 Å². The fraction of sp³-hybridized carbons (Fsp3) is 0.250. The van der Waals surface area contributed by atoms with Gasteiger partial charge >= 0.3 is 5.97 Å². The number of nitrogens with zero attached hydrogens (tertiary/aromatic N) is 1. The van der Waals surface area contributed by atoms with Crippen LogP contribution in [0.3, 0.4) is 0 Å². The zero-order valence-electron chi connectivity index (χ0n) is 20.4. The molecule has 0 aliphatic carbocycles. The normalized spacial score (nSPS) is 16.2. The molecule has 36 heavy (non-hydrogen) atoms. The van der Waals surface area contributed by atoms with Crippen molar-refractivity contribution in [1.29, 1.82) is 0 Å². The van der Waals surface area contributed by atoms with Gasteiger partial charge in [0.15, 0.2) is 0 Å². The van der Waals surface area contributed by atoms with E-state index in [0.29, 0.717) is 11.4 Å². The van der Waals surface area contributed by atoms with Gasteiger partial charge in [0.1, 0.15) is 17.2 Å². The molecule has 1 N–H and O–H groups in total. The number of carbonyl (C=O) groups excluding carboxylic acids is 2. The van der Waals surface area contributed by atoms with E-state index in [2.05, 4.69) is 10.5 Å². The quantitative estimate of drug-likeness (QED) is 0.436. The van der Waals surface area contributed by atoms with Gasteiger partial charge in [-0.05, 0) is 74.7 Å². The first-order valence-corrected chi connectivity index (χ1v) is 11.5. The van der Waals surface area contributed by atoms with Gasteiger partial charge in [0.05, 0.1) is 17.7 Å². The van der Waals surface area contributed by atoms with Gasteiger partial charge in [-0.1, -0.05) is 35.5 Å². The molecule has 1 unspecified atom stereocenters. The number of aryl methyl sites for hydroxylation is 1. The predicted octanol–water partition coefficient (Wildman–Crippen LogP) is 5.88. The molecule has 3 aromatic rings. The number of hydrogen-bond donors (Lipinski definition) is 1. The molecule has 6 nitrogen and oxygen atoms in total. The number of rotatable bonds is 6. The minimum Gasteiger partial charge on any atom is -0.463 e. The van der Waals surface area contributed by atoms with Gasteiger partial charge in [-0.15, -0.1) is 0 Å². The molecule has 4 rings (SSSR count). The summed E-state index contributed by atoms with van der Waals surface area (Å²) in [6, 6.07) is 16.1. The zero-order valence-corrected chi connectivity index (χ0v) is 20.4. The molecule has 1 aliphatic rings. The summed E-state index contributed by atoms with van der Waals surface area (Å²) >= 11 is 0. The summed E-state index contributed by atoms with van der Waals surface area (Å²) in [4.78, 5) is 30.2. The molecule has 186 valence electrons. The van der Waals surface area contributed by atoms with Crippen LogP contribution in [0.5, 0.6) is 0 Å². The molecule has 3 aromatic carbocycles. The second-order valence-corrected chi connectivity index (χ2v) is 9.06. The van der Waals surface area contributed by atoms with Gasteiger partial charge in [-0.25, -0.2) is 13.6 Å². The van der Waals surface area contributed by atoms with Crippen LogP contribution in [0.15, 0.2) is 65.8 Å². The number of oxime groups is 1. The third-order valence-electron chi connectivity index (χ3n) is 6.17. The number of hydrogen-bond acceptors (Lipinski definition) is 5. The molecule has 1 heterocycles. The molecule has 1 atom stereocenters. The van der Waals surface area contributed by atoms with Crippen molar-refractivity contribution in [2.45, 2.75) is 33.8 Å². The van der Waals surface area contributed by atoms with Crippen LogP contribution in [-0.4, -0.2) is 30.3 Å². The van der Waals surface area contributed by atoms with E-state index in [1.807, 2.05) is 39.0 Å². The molecular weight excluding hydrogens is 466 g/mol. The van der Waals surface area contributed by atoms with E-state index in [-0.39, 0.29) is 6.61 Å². The lowest BCUT2D eigenvalue weighted by Crippen LogP contribution is -2.40. The molecule has 0 spiro atoms. The summed E-state index contributed by atoms with van der Waals surface area (Å²) < 4.78 is 33.0. The number of nitrogens with one attached hydrogen (secondary N) is 1. The van der Waals surface area contributed by atoms with Crippen molar-refractivity contribution in [3.63, 3.8) is 0 Å². The molecule has 1 amide bonds. The van der Waals surface area contributed by atoms with E-state index < -0.39 is 40.6 Å². The van der Waals surface area contributed by atoms with Crippen LogP contribution in [0.25, 0.3) is 11.1 Å². The van der Waals surface area contributed by atoms with Crippen molar-refractivity contribution in [2.24, 2.45) is 10.6 Å². The standard InChI is InChI=1S/C28H26F2N2O4/c1-5-35-27(34)25-28(3,4)24(32-36-25)18-10-9-16(2)20(15-18)17-11-13-19(14-12-17)31-26(33)23-21(29)7-6-8-22(23)30/h6-15,25H,5H2,1-4H3,(H,31,33). The average molecular weight is 493 g/mol. The lowest BCUT2D eigenvalue weighted by atomic mass is 9.78. The second-order valence-electron chi connectivity index (χ2n) is 9.06. The predicted molar refractivity (Wildman–Crippen MR) is 133 cm³/mol. The number of amides is 1. The third kappa shape index (κ3) is 4.71. The maximum atomic E-state index is 13.9. The highest BCUT2D eigenvalue weighted by Crippen LogP contribution is 2.37. The Balaban J connectivity index is 1.57. The van der Waals surface area contributed by atoms with Crippen molar-refractivity contribution in [3.8, 4) is 11.1 Å². The van der Waals surface area contributed by atoms with E-state index in [1.54, 1.807) is 31.2 Å². The highest BCUT2D eigenvalue weighted by Gasteiger charge is 2.48. The molecule has 0 fully saturated rings. The van der Waals surface area contributed by atoms with E-state index in [4.69, 9.17) is 9.57 Å². The first-order chi connectivity index (χ1) is 17.1. The van der Waals surface area contributed by atoms with Crippen LogP contribution in [0.4, 0.5) is 14.5 Å². The van der Waals surface area contributed by atoms with Gasteiger partial charge < -0.3 is 14.9 Å². The third-order valence-corrected chi connectivity index (χ3v) is 6.17. The smallest absolute Gasteiger partial charge is 0.351 e. The van der Waals surface area contributed by atoms with Gasteiger partial charge in [0.25, 0.3) is 5.91 Å². The zero-order chi connectivity index (χ0) is 26.0. The molecule has 0 bridgehead atoms. The number of esters is 1. The molecule has 8 heteroatoms. The number of ether oxygens (including phenoxy) is 1. The Morgan fingerprint density at radius 3 is 2.31 bits per heavy atom. The number of halogens is 2. The fourth-order valence-electron chi connectivity index (χ4n) is 4.18. The molecule has 1 aliphatic heterocycles. The Hall–Kier alpha value is -4.07. The summed E-state index contributed by atoms with van der Waals surface area (Å²) in [6.07, 6.45) is -0.834. The highest BCUT2D eigenvalue weighted by molar-refractivity contribution is 6.08. The lowest BCUT2D eigenvalue weighted by Gasteiger charge is -2.24. The summed E-state index contributed by atoms with van der Waals surface area (Å²) in [5, 5.41) is 6.73. The van der Waals surface area contributed by atoms with Crippen molar-refractivity contribution >= 4 is 23.3 Å². The summed E-state index contributed by atoms with van der Waals surface area (Å²) in [5.41, 5.74) is 3.29. The Morgan fingerprint density at radius 1 is 1.03 bits per heavy atom. The van der Waals surface area contributed by atoms with E-state index in [1.165, 1.54) is 6.07 Å². The van der Waals surface area contributed by atoms with Crippen LogP contribution >= 0.6 is 0 Å². The van der Waals surface area contributed by atoms with E-state index in [9.17, 15) is 18.4 Å². The Labute approximate surface area is 207 Å². The van der Waals surface area contributed by atoms with Crippen molar-refractivity contribution in [3.05, 3.63) is 89.0 Å². The fourth-order valence-corrected chi connectivity index (χ4v) is 4.18. The van der Waals surface area contributed by atoms with Crippen LogP contribution < -0.4 is 5.32 Å². The average Bonchev–Trinajstić information content (AvgIpc) is 3.14. The summed E-state index contributed by atoms with van der Waals surface area (Å²) in [5.74, 6) is -3.18. The summed E-state index contributed by atoms with van der Waals surface area (Å²) in [6.45, 7) is 7.73. The number of anilines is 1.